The molecule has 144 valence electrons. The number of halogens is 1. The molecule has 0 aliphatic heterocycles. The third-order valence-corrected chi connectivity index (χ3v) is 4.62. The number of anilines is 1. The van der Waals surface area contributed by atoms with E-state index in [2.05, 4.69) is 39.8 Å². The zero-order valence-corrected chi connectivity index (χ0v) is 17.0. The molecule has 2 N–H and O–H groups in total. The number of hydrogen-bond acceptors (Lipinski definition) is 4. The average Bonchev–Trinajstić information content (AvgIpc) is 3.34. The Morgan fingerprint density at radius 3 is 2.67 bits per heavy atom. The molecule has 3 aromatic rings. The second-order valence-electron chi connectivity index (χ2n) is 6.15. The van der Waals surface area contributed by atoms with Gasteiger partial charge >= 0.3 is 0 Å². The van der Waals surface area contributed by atoms with Crippen LogP contribution in [0.2, 0.25) is 5.02 Å². The first-order chi connectivity index (χ1) is 13.0. The van der Waals surface area contributed by atoms with Gasteiger partial charge in [-0.05, 0) is 32.5 Å². The molecule has 0 atom stereocenters. The molecule has 0 unspecified atom stereocenters. The van der Waals surface area contributed by atoms with Crippen LogP contribution < -0.4 is 10.6 Å². The van der Waals surface area contributed by atoms with Gasteiger partial charge < -0.3 is 10.6 Å². The molecule has 10 heteroatoms. The summed E-state index contributed by atoms with van der Waals surface area (Å²) in [7, 11) is 0. The lowest BCUT2D eigenvalue weighted by Gasteiger charge is -2.08. The van der Waals surface area contributed by atoms with Crippen molar-refractivity contribution in [3.8, 4) is 0 Å². The smallest absolute Gasteiger partial charge is 0.170 e. The molecule has 0 saturated heterocycles. The zero-order chi connectivity index (χ0) is 19.2. The Kier molecular flexibility index (Phi) is 6.46. The first kappa shape index (κ1) is 19.4. The molecule has 3 heterocycles. The normalized spacial score (nSPS) is 10.9. The minimum atomic E-state index is 0.572. The average molecular weight is 407 g/mol. The van der Waals surface area contributed by atoms with Crippen LogP contribution in [0, 0.1) is 6.92 Å². The molecule has 3 aromatic heterocycles. The zero-order valence-electron chi connectivity index (χ0n) is 15.4. The van der Waals surface area contributed by atoms with Crippen molar-refractivity contribution in [1.82, 2.24) is 34.7 Å². The van der Waals surface area contributed by atoms with E-state index in [4.69, 9.17) is 23.8 Å². The molecule has 0 saturated carbocycles. The quantitative estimate of drug-likeness (QED) is 0.442. The Balaban J connectivity index is 1.42. The van der Waals surface area contributed by atoms with Gasteiger partial charge in [-0.15, -0.1) is 0 Å². The summed E-state index contributed by atoms with van der Waals surface area (Å²) in [6.07, 6.45) is 9.92. The van der Waals surface area contributed by atoms with Gasteiger partial charge in [0.15, 0.2) is 5.11 Å². The highest BCUT2D eigenvalue weighted by atomic mass is 35.5. The van der Waals surface area contributed by atoms with E-state index in [-0.39, 0.29) is 0 Å². The second-order valence-corrected chi connectivity index (χ2v) is 7.00. The highest BCUT2D eigenvalue weighted by Gasteiger charge is 2.07. The molecule has 0 aromatic carbocycles. The van der Waals surface area contributed by atoms with Gasteiger partial charge in [0.1, 0.15) is 0 Å². The number of nitrogens with one attached hydrogen (secondary N) is 2. The minimum Gasteiger partial charge on any atom is -0.362 e. The van der Waals surface area contributed by atoms with Crippen LogP contribution in [0.25, 0.3) is 0 Å². The maximum absolute atomic E-state index is 5.84. The highest BCUT2D eigenvalue weighted by molar-refractivity contribution is 7.80. The summed E-state index contributed by atoms with van der Waals surface area (Å²) in [5.74, 6) is 0. The lowest BCUT2D eigenvalue weighted by atomic mass is 10.2. The Morgan fingerprint density at radius 2 is 1.96 bits per heavy atom. The van der Waals surface area contributed by atoms with Crippen molar-refractivity contribution in [3.63, 3.8) is 0 Å². The maximum atomic E-state index is 5.84. The second kappa shape index (κ2) is 9.01. The molecule has 0 aliphatic rings. The van der Waals surface area contributed by atoms with Gasteiger partial charge in [0.05, 0.1) is 35.8 Å². The van der Waals surface area contributed by atoms with E-state index in [1.165, 1.54) is 0 Å². The van der Waals surface area contributed by atoms with Crippen LogP contribution in [0.4, 0.5) is 5.69 Å². The van der Waals surface area contributed by atoms with Crippen LogP contribution in [0.5, 0.6) is 0 Å². The summed E-state index contributed by atoms with van der Waals surface area (Å²) in [5, 5.41) is 20.5. The summed E-state index contributed by atoms with van der Waals surface area (Å²) >= 11 is 11.2. The molecule has 0 radical (unpaired) electrons. The molecule has 0 spiro atoms. The van der Waals surface area contributed by atoms with E-state index >= 15 is 0 Å². The molecule has 0 aliphatic carbocycles. The largest absolute Gasteiger partial charge is 0.362 e. The fraction of sp³-hybridized carbons (Fsp3) is 0.412. The predicted molar refractivity (Wildman–Crippen MR) is 110 cm³/mol. The number of thiocarbonyl (C=S) groups is 1. The number of nitrogens with zero attached hydrogens (tertiary/aromatic N) is 6. The number of aromatic nitrogens is 6. The minimum absolute atomic E-state index is 0.572. The van der Waals surface area contributed by atoms with Crippen molar-refractivity contribution >= 4 is 34.6 Å². The Bertz CT molecular complexity index is 897. The number of rotatable bonds is 8. The first-order valence-corrected chi connectivity index (χ1v) is 9.60. The van der Waals surface area contributed by atoms with Crippen molar-refractivity contribution in [2.75, 3.05) is 11.9 Å². The summed E-state index contributed by atoms with van der Waals surface area (Å²) in [5.41, 5.74) is 3.18. The van der Waals surface area contributed by atoms with Crippen LogP contribution in [-0.4, -0.2) is 41.0 Å². The summed E-state index contributed by atoms with van der Waals surface area (Å²) in [6, 6.07) is 0. The standard InChI is InChI=1S/C17H23ClN8S/c1-3-26-13(2)14(7-22-26)10-25-12-16(9-21-25)23-17(27)19-5-4-6-24-11-15(18)8-20-24/h7-9,11-12H,3-6,10H2,1-2H3,(H2,19,23,27). The van der Waals surface area contributed by atoms with E-state index in [0.717, 1.165) is 43.0 Å². The van der Waals surface area contributed by atoms with Gasteiger partial charge in [0, 0.05) is 43.3 Å². The lowest BCUT2D eigenvalue weighted by molar-refractivity contribution is 0.574. The van der Waals surface area contributed by atoms with E-state index < -0.39 is 0 Å². The lowest BCUT2D eigenvalue weighted by Crippen LogP contribution is -2.29. The van der Waals surface area contributed by atoms with Gasteiger partial charge in [-0.1, -0.05) is 11.6 Å². The SMILES string of the molecule is CCn1ncc(Cn2cc(NC(=S)NCCCn3cc(Cl)cn3)cn2)c1C. The number of aryl methyl sites for hydroxylation is 2. The first-order valence-electron chi connectivity index (χ1n) is 8.81. The third kappa shape index (κ3) is 5.30. The molecular formula is C17H23ClN8S. The Hall–Kier alpha value is -2.39. The van der Waals surface area contributed by atoms with Crippen LogP contribution in [0.3, 0.4) is 0 Å². The summed E-state index contributed by atoms with van der Waals surface area (Å²) in [6.45, 7) is 7.23. The molecule has 0 fully saturated rings. The van der Waals surface area contributed by atoms with E-state index in [9.17, 15) is 0 Å². The fourth-order valence-electron chi connectivity index (χ4n) is 2.73. The molecule has 0 amide bonds. The Morgan fingerprint density at radius 1 is 1.15 bits per heavy atom. The van der Waals surface area contributed by atoms with Gasteiger partial charge in [0.2, 0.25) is 0 Å². The van der Waals surface area contributed by atoms with Gasteiger partial charge in [-0.3, -0.25) is 14.0 Å². The van der Waals surface area contributed by atoms with Crippen molar-refractivity contribution in [3.05, 3.63) is 47.3 Å². The van der Waals surface area contributed by atoms with Crippen LogP contribution in [0.15, 0.2) is 31.0 Å². The van der Waals surface area contributed by atoms with E-state index in [1.807, 2.05) is 26.4 Å². The summed E-state index contributed by atoms with van der Waals surface area (Å²) < 4.78 is 5.66. The van der Waals surface area contributed by atoms with Crippen molar-refractivity contribution in [2.24, 2.45) is 0 Å². The highest BCUT2D eigenvalue weighted by Crippen LogP contribution is 2.11. The fourth-order valence-corrected chi connectivity index (χ4v) is 3.10. The van der Waals surface area contributed by atoms with E-state index in [0.29, 0.717) is 16.7 Å². The van der Waals surface area contributed by atoms with Gasteiger partial charge in [-0.25, -0.2) is 0 Å². The molecular weight excluding hydrogens is 384 g/mol. The van der Waals surface area contributed by atoms with Gasteiger partial charge in [0.25, 0.3) is 0 Å². The van der Waals surface area contributed by atoms with Crippen LogP contribution in [0.1, 0.15) is 24.6 Å². The summed E-state index contributed by atoms with van der Waals surface area (Å²) in [4.78, 5) is 0. The topological polar surface area (TPSA) is 77.5 Å². The Labute approximate surface area is 168 Å². The third-order valence-electron chi connectivity index (χ3n) is 4.18. The number of hydrogen-bond donors (Lipinski definition) is 2. The molecule has 8 nitrogen and oxygen atoms in total. The molecule has 27 heavy (non-hydrogen) atoms. The van der Waals surface area contributed by atoms with Gasteiger partial charge in [-0.2, -0.15) is 15.3 Å². The van der Waals surface area contributed by atoms with Crippen LogP contribution >= 0.6 is 23.8 Å². The monoisotopic (exact) mass is 406 g/mol. The van der Waals surface area contributed by atoms with Crippen molar-refractivity contribution in [2.45, 2.75) is 39.9 Å². The van der Waals surface area contributed by atoms with E-state index in [1.54, 1.807) is 18.6 Å². The maximum Gasteiger partial charge on any atom is 0.170 e. The van der Waals surface area contributed by atoms with Crippen molar-refractivity contribution in [1.29, 1.82) is 0 Å². The molecule has 3 rings (SSSR count). The van der Waals surface area contributed by atoms with Crippen molar-refractivity contribution < 1.29 is 0 Å². The molecule has 0 bridgehead atoms. The van der Waals surface area contributed by atoms with Crippen LogP contribution in [-0.2, 0) is 19.6 Å². The predicted octanol–water partition coefficient (Wildman–Crippen LogP) is 2.68.